The molecule has 2 atom stereocenters. The van der Waals surface area contributed by atoms with Crippen molar-refractivity contribution in [2.45, 2.75) is 52.1 Å². The lowest BCUT2D eigenvalue weighted by atomic mass is 9.98. The van der Waals surface area contributed by atoms with Gasteiger partial charge in [0.15, 0.2) is 5.11 Å². The maximum absolute atomic E-state index is 5.42. The second kappa shape index (κ2) is 5.50. The average molecular weight is 226 g/mol. The van der Waals surface area contributed by atoms with Gasteiger partial charge in [-0.15, -0.1) is 0 Å². The molecule has 1 heterocycles. The molecule has 0 aromatic rings. The van der Waals surface area contributed by atoms with Gasteiger partial charge in [-0.25, -0.2) is 0 Å². The number of likely N-dealkylation sites (tertiary alicyclic amines) is 1. The Morgan fingerprint density at radius 2 is 1.93 bits per heavy atom. The van der Waals surface area contributed by atoms with Crippen LogP contribution in [0.5, 0.6) is 0 Å². The molecule has 1 fully saturated rings. The highest BCUT2D eigenvalue weighted by Gasteiger charge is 2.26. The molecule has 0 aromatic heterocycles. The molecule has 0 bridgehead atoms. The lowest BCUT2D eigenvalue weighted by Crippen LogP contribution is -2.51. The molecule has 0 saturated carbocycles. The molecule has 3 heteroatoms. The van der Waals surface area contributed by atoms with Crippen molar-refractivity contribution >= 4 is 17.3 Å². The van der Waals surface area contributed by atoms with Gasteiger partial charge < -0.3 is 10.2 Å². The van der Waals surface area contributed by atoms with E-state index in [1.165, 1.54) is 19.3 Å². The van der Waals surface area contributed by atoms with Gasteiger partial charge in [0.1, 0.15) is 0 Å². The van der Waals surface area contributed by atoms with Crippen molar-refractivity contribution in [2.24, 2.45) is 0 Å². The van der Waals surface area contributed by atoms with E-state index >= 15 is 0 Å². The molecule has 86 valence electrons. The van der Waals surface area contributed by atoms with Crippen molar-refractivity contribution in [1.29, 1.82) is 0 Å². The van der Waals surface area contributed by atoms with Gasteiger partial charge in [0.2, 0.25) is 0 Å². The molecule has 1 rings (SSSR count). The van der Waals surface area contributed by atoms with E-state index in [0.717, 1.165) is 17.2 Å². The average Bonchev–Trinajstić information content (AvgIpc) is 2.14. The van der Waals surface area contributed by atoms with Crippen LogP contribution in [0.4, 0.5) is 0 Å². The molecule has 0 spiro atoms. The minimum Gasteiger partial charge on any atom is -0.359 e. The summed E-state index contributed by atoms with van der Waals surface area (Å²) in [6.45, 7) is 11.2. The van der Waals surface area contributed by atoms with Crippen molar-refractivity contribution in [3.63, 3.8) is 0 Å². The third kappa shape index (κ3) is 3.49. The van der Waals surface area contributed by atoms with Crippen LogP contribution in [0, 0.1) is 0 Å². The van der Waals surface area contributed by atoms with Gasteiger partial charge in [-0.05, 0) is 52.3 Å². The lowest BCUT2D eigenvalue weighted by molar-refractivity contribution is 0.189. The molecule has 0 aliphatic carbocycles. The summed E-state index contributed by atoms with van der Waals surface area (Å²) in [6.07, 6.45) is 3.82. The fraction of sp³-hybridized carbons (Fsp3) is 0.750. The highest BCUT2D eigenvalue weighted by Crippen LogP contribution is 2.22. The summed E-state index contributed by atoms with van der Waals surface area (Å²) in [5.74, 6) is 0. The largest absolute Gasteiger partial charge is 0.359 e. The Morgan fingerprint density at radius 1 is 1.40 bits per heavy atom. The van der Waals surface area contributed by atoms with E-state index in [1.807, 2.05) is 6.92 Å². The summed E-state index contributed by atoms with van der Waals surface area (Å²) in [6, 6.07) is 1.14. The van der Waals surface area contributed by atoms with Crippen LogP contribution in [-0.4, -0.2) is 28.6 Å². The van der Waals surface area contributed by atoms with Gasteiger partial charge in [0, 0.05) is 18.6 Å². The standard InChI is InChI=1S/C12H22N2S/c1-9(2)8-13-12(15)14-10(3)6-5-7-11(14)4/h10-11H,1,5-8H2,2-4H3,(H,13,15)/t10-,11+. The first-order chi connectivity index (χ1) is 7.02. The Hall–Kier alpha value is -0.570. The van der Waals surface area contributed by atoms with E-state index in [1.54, 1.807) is 0 Å². The molecule has 0 amide bonds. The molecular formula is C12H22N2S. The van der Waals surface area contributed by atoms with E-state index in [-0.39, 0.29) is 0 Å². The number of hydrogen-bond donors (Lipinski definition) is 1. The third-order valence-corrected chi connectivity index (χ3v) is 3.32. The van der Waals surface area contributed by atoms with Gasteiger partial charge in [-0.2, -0.15) is 0 Å². The van der Waals surface area contributed by atoms with Gasteiger partial charge >= 0.3 is 0 Å². The minimum absolute atomic E-state index is 0.568. The maximum atomic E-state index is 5.42. The first-order valence-corrected chi connectivity index (χ1v) is 6.13. The van der Waals surface area contributed by atoms with E-state index in [0.29, 0.717) is 12.1 Å². The zero-order valence-corrected chi connectivity index (χ0v) is 10.9. The van der Waals surface area contributed by atoms with E-state index in [9.17, 15) is 0 Å². The Balaban J connectivity index is 2.51. The molecule has 1 aliphatic heterocycles. The first kappa shape index (κ1) is 12.5. The summed E-state index contributed by atoms with van der Waals surface area (Å²) >= 11 is 5.42. The molecule has 0 aromatic carbocycles. The maximum Gasteiger partial charge on any atom is 0.169 e. The fourth-order valence-electron chi connectivity index (χ4n) is 2.14. The molecular weight excluding hydrogens is 204 g/mol. The van der Waals surface area contributed by atoms with Crippen molar-refractivity contribution in [2.75, 3.05) is 6.54 Å². The van der Waals surface area contributed by atoms with Crippen LogP contribution in [0.15, 0.2) is 12.2 Å². The first-order valence-electron chi connectivity index (χ1n) is 5.73. The highest BCUT2D eigenvalue weighted by atomic mass is 32.1. The van der Waals surface area contributed by atoms with Crippen LogP contribution < -0.4 is 5.32 Å². The van der Waals surface area contributed by atoms with Crippen LogP contribution in [0.25, 0.3) is 0 Å². The van der Waals surface area contributed by atoms with Gasteiger partial charge in [-0.1, -0.05) is 12.2 Å². The summed E-state index contributed by atoms with van der Waals surface area (Å²) in [5, 5.41) is 4.16. The number of hydrogen-bond acceptors (Lipinski definition) is 1. The Labute approximate surface area is 98.7 Å². The predicted molar refractivity (Wildman–Crippen MR) is 70.0 cm³/mol. The van der Waals surface area contributed by atoms with Crippen molar-refractivity contribution in [3.05, 3.63) is 12.2 Å². The molecule has 0 radical (unpaired) electrons. The molecule has 2 nitrogen and oxygen atoms in total. The quantitative estimate of drug-likeness (QED) is 0.576. The number of nitrogens with zero attached hydrogens (tertiary/aromatic N) is 1. The highest BCUT2D eigenvalue weighted by molar-refractivity contribution is 7.80. The van der Waals surface area contributed by atoms with Crippen LogP contribution in [-0.2, 0) is 0 Å². The molecule has 0 unspecified atom stereocenters. The monoisotopic (exact) mass is 226 g/mol. The summed E-state index contributed by atoms with van der Waals surface area (Å²) in [4.78, 5) is 2.34. The smallest absolute Gasteiger partial charge is 0.169 e. The summed E-state index contributed by atoms with van der Waals surface area (Å²) in [5.41, 5.74) is 1.12. The van der Waals surface area contributed by atoms with Gasteiger partial charge in [0.25, 0.3) is 0 Å². The second-order valence-electron chi connectivity index (χ2n) is 4.65. The van der Waals surface area contributed by atoms with Crippen molar-refractivity contribution < 1.29 is 0 Å². The van der Waals surface area contributed by atoms with Crippen LogP contribution in [0.2, 0.25) is 0 Å². The number of nitrogens with one attached hydrogen (secondary N) is 1. The summed E-state index contributed by atoms with van der Waals surface area (Å²) in [7, 11) is 0. The number of piperidine rings is 1. The molecule has 1 N–H and O–H groups in total. The van der Waals surface area contributed by atoms with Crippen LogP contribution in [0.3, 0.4) is 0 Å². The Kier molecular flexibility index (Phi) is 4.58. The SMILES string of the molecule is C=C(C)CNC(=S)N1[C@H](C)CCC[C@@H]1C. The van der Waals surface area contributed by atoms with Gasteiger partial charge in [0.05, 0.1) is 0 Å². The number of rotatable bonds is 2. The summed E-state index contributed by atoms with van der Waals surface area (Å²) < 4.78 is 0. The van der Waals surface area contributed by atoms with Crippen LogP contribution >= 0.6 is 12.2 Å². The Morgan fingerprint density at radius 3 is 2.40 bits per heavy atom. The second-order valence-corrected chi connectivity index (χ2v) is 5.04. The van der Waals surface area contributed by atoms with Crippen molar-refractivity contribution in [1.82, 2.24) is 10.2 Å². The van der Waals surface area contributed by atoms with Gasteiger partial charge in [-0.3, -0.25) is 0 Å². The molecule has 15 heavy (non-hydrogen) atoms. The van der Waals surface area contributed by atoms with Crippen LogP contribution in [0.1, 0.15) is 40.0 Å². The zero-order valence-electron chi connectivity index (χ0n) is 10.0. The van der Waals surface area contributed by atoms with Crippen molar-refractivity contribution in [3.8, 4) is 0 Å². The normalized spacial score (nSPS) is 26.2. The van der Waals surface area contributed by atoms with E-state index in [4.69, 9.17) is 12.2 Å². The fourth-order valence-corrected chi connectivity index (χ4v) is 2.57. The molecule has 1 aliphatic rings. The lowest BCUT2D eigenvalue weighted by Gasteiger charge is -2.41. The minimum atomic E-state index is 0.568. The topological polar surface area (TPSA) is 15.3 Å². The predicted octanol–water partition coefficient (Wildman–Crippen LogP) is 2.70. The number of thiocarbonyl (C=S) groups is 1. The zero-order chi connectivity index (χ0) is 11.4. The Bertz CT molecular complexity index is 240. The third-order valence-electron chi connectivity index (χ3n) is 2.97. The molecule has 1 saturated heterocycles. The van der Waals surface area contributed by atoms with E-state index in [2.05, 4.69) is 30.6 Å². The van der Waals surface area contributed by atoms with E-state index < -0.39 is 0 Å².